The molecular weight excluding hydrogens is 772 g/mol. The number of carbonyl (C=O) groups is 6. The van der Waals surface area contributed by atoms with E-state index >= 15 is 0 Å². The number of alkyl halides is 3. The molecule has 0 saturated carbocycles. The third-order valence-electron chi connectivity index (χ3n) is 10.2. The van der Waals surface area contributed by atoms with Crippen molar-refractivity contribution in [3.05, 3.63) is 167 Å². The molecule has 0 aromatic heterocycles. The fourth-order valence-electron chi connectivity index (χ4n) is 7.00. The number of primary amides is 1. The number of nitrogens with one attached hydrogen (secondary N) is 2. The Hall–Kier alpha value is -6.69. The molecule has 0 saturated heterocycles. The molecule has 4 N–H and O–H groups in total. The molecular formula is C48H46F3N3O6. The maximum atomic E-state index is 14.1. The average molecular weight is 818 g/mol. The molecule has 9 nitrogen and oxygen atoms in total. The number of rotatable bonds is 20. The van der Waals surface area contributed by atoms with Crippen LogP contribution in [0.2, 0.25) is 0 Å². The van der Waals surface area contributed by atoms with Crippen LogP contribution in [0.1, 0.15) is 47.6 Å². The maximum Gasteiger partial charge on any atom is 0.416 e. The van der Waals surface area contributed by atoms with E-state index in [-0.39, 0.29) is 37.0 Å². The lowest BCUT2D eigenvalue weighted by atomic mass is 9.88. The van der Waals surface area contributed by atoms with Crippen molar-refractivity contribution < 1.29 is 41.9 Å². The van der Waals surface area contributed by atoms with Gasteiger partial charge >= 0.3 is 6.18 Å². The summed E-state index contributed by atoms with van der Waals surface area (Å²) < 4.78 is 42.2. The number of hydrogen-bond acceptors (Lipinski definition) is 6. The van der Waals surface area contributed by atoms with Crippen LogP contribution in [0.3, 0.4) is 0 Å². The SMILES string of the molecule is CC(NC(=O)C(CC(=O)Cc1ccccc1)Cc1ccccc1)C(=O)C(=O)NC(Cc1ccccc1C(F)(F)F)C(=O)CC(Cc1ccc(-c2ccccc2)cc1)C(N)=O. The molecule has 0 fully saturated rings. The van der Waals surface area contributed by atoms with Crippen LogP contribution in [-0.2, 0) is 60.6 Å². The molecule has 4 unspecified atom stereocenters. The highest BCUT2D eigenvalue weighted by atomic mass is 19.4. The number of amides is 3. The highest BCUT2D eigenvalue weighted by Gasteiger charge is 2.36. The van der Waals surface area contributed by atoms with E-state index in [9.17, 15) is 41.9 Å². The second-order valence-corrected chi connectivity index (χ2v) is 14.8. The summed E-state index contributed by atoms with van der Waals surface area (Å²) in [7, 11) is 0. The summed E-state index contributed by atoms with van der Waals surface area (Å²) in [5.41, 5.74) is 8.43. The van der Waals surface area contributed by atoms with Gasteiger partial charge in [-0.15, -0.1) is 0 Å². The molecule has 12 heteroatoms. The normalized spacial score (nSPS) is 13.3. The lowest BCUT2D eigenvalue weighted by Crippen LogP contribution is -2.52. The van der Waals surface area contributed by atoms with Crippen molar-refractivity contribution in [2.45, 2.75) is 63.7 Å². The molecule has 4 atom stereocenters. The number of carbonyl (C=O) groups excluding carboxylic acids is 6. The first-order chi connectivity index (χ1) is 28.7. The Balaban J connectivity index is 1.31. The van der Waals surface area contributed by atoms with Gasteiger partial charge in [-0.05, 0) is 59.2 Å². The van der Waals surface area contributed by atoms with Gasteiger partial charge in [-0.25, -0.2) is 0 Å². The van der Waals surface area contributed by atoms with Crippen LogP contribution < -0.4 is 16.4 Å². The molecule has 5 rings (SSSR count). The predicted molar refractivity (Wildman–Crippen MR) is 221 cm³/mol. The van der Waals surface area contributed by atoms with Crippen LogP contribution >= 0.6 is 0 Å². The van der Waals surface area contributed by atoms with Crippen molar-refractivity contribution in [2.24, 2.45) is 17.6 Å². The quantitative estimate of drug-likeness (QED) is 0.0732. The van der Waals surface area contributed by atoms with Gasteiger partial charge in [-0.1, -0.05) is 133 Å². The Morgan fingerprint density at radius 3 is 1.70 bits per heavy atom. The van der Waals surface area contributed by atoms with E-state index in [1.807, 2.05) is 48.5 Å². The van der Waals surface area contributed by atoms with Gasteiger partial charge in [0.1, 0.15) is 5.78 Å². The standard InChI is InChI=1S/C48H46F3N3O6/c1-31(53-46(59)39(26-32-13-5-2-6-14-32)28-40(55)27-33-15-7-3-8-16-33)44(57)47(60)54-42(29-37-19-11-12-20-41(37)48(49,50)51)43(56)30-38(45(52)58)25-34-21-23-36(24-22-34)35-17-9-4-10-18-35/h2-24,31,38-39,42H,25-30H2,1H3,(H2,52,58)(H,53,59)(H,54,60). The highest BCUT2D eigenvalue weighted by Crippen LogP contribution is 2.33. The third kappa shape index (κ3) is 12.9. The van der Waals surface area contributed by atoms with Gasteiger partial charge in [0, 0.05) is 37.5 Å². The van der Waals surface area contributed by atoms with E-state index in [4.69, 9.17) is 5.73 Å². The Kier molecular flexibility index (Phi) is 15.4. The van der Waals surface area contributed by atoms with Crippen LogP contribution in [0.5, 0.6) is 0 Å². The number of Topliss-reactive ketones (excluding diaryl/α,β-unsaturated/α-hetero) is 3. The Bertz CT molecular complexity index is 2270. The number of halogens is 3. The van der Waals surface area contributed by atoms with Crippen LogP contribution in [-0.4, -0.2) is 47.2 Å². The molecule has 0 heterocycles. The van der Waals surface area contributed by atoms with Gasteiger partial charge in [0.15, 0.2) is 5.78 Å². The molecule has 3 amide bonds. The molecule has 5 aromatic carbocycles. The Morgan fingerprint density at radius 1 is 0.583 bits per heavy atom. The van der Waals surface area contributed by atoms with E-state index in [0.717, 1.165) is 34.4 Å². The zero-order valence-electron chi connectivity index (χ0n) is 33.0. The zero-order valence-corrected chi connectivity index (χ0v) is 33.0. The second kappa shape index (κ2) is 20.8. The summed E-state index contributed by atoms with van der Waals surface area (Å²) in [6, 6.07) is 36.1. The van der Waals surface area contributed by atoms with Gasteiger partial charge < -0.3 is 16.4 Å². The minimum absolute atomic E-state index is 0.0238. The average Bonchev–Trinajstić information content (AvgIpc) is 3.23. The molecule has 0 radical (unpaired) electrons. The van der Waals surface area contributed by atoms with E-state index in [1.54, 1.807) is 66.7 Å². The first kappa shape index (κ1) is 44.4. The molecule has 5 aromatic rings. The zero-order chi connectivity index (χ0) is 43.2. The van der Waals surface area contributed by atoms with E-state index < -0.39 is 77.8 Å². The van der Waals surface area contributed by atoms with Gasteiger partial charge in [0.05, 0.1) is 17.6 Å². The summed E-state index contributed by atoms with van der Waals surface area (Å²) in [6.07, 6.45) is -5.90. The van der Waals surface area contributed by atoms with E-state index in [1.165, 1.54) is 19.1 Å². The molecule has 0 aliphatic heterocycles. The largest absolute Gasteiger partial charge is 0.416 e. The van der Waals surface area contributed by atoms with E-state index in [2.05, 4.69) is 10.6 Å². The first-order valence-corrected chi connectivity index (χ1v) is 19.5. The van der Waals surface area contributed by atoms with Crippen LogP contribution in [0, 0.1) is 11.8 Å². The molecule has 0 bridgehead atoms. The van der Waals surface area contributed by atoms with Crippen molar-refractivity contribution in [1.29, 1.82) is 0 Å². The van der Waals surface area contributed by atoms with Crippen LogP contribution in [0.25, 0.3) is 11.1 Å². The van der Waals surface area contributed by atoms with Crippen molar-refractivity contribution in [1.82, 2.24) is 10.6 Å². The minimum Gasteiger partial charge on any atom is -0.369 e. The summed E-state index contributed by atoms with van der Waals surface area (Å²) >= 11 is 0. The lowest BCUT2D eigenvalue weighted by Gasteiger charge is -2.23. The summed E-state index contributed by atoms with van der Waals surface area (Å²) in [5.74, 6) is -7.06. The van der Waals surface area contributed by atoms with Gasteiger partial charge in [-0.2, -0.15) is 13.2 Å². The molecule has 0 aliphatic rings. The van der Waals surface area contributed by atoms with Crippen LogP contribution in [0.4, 0.5) is 13.2 Å². The fourth-order valence-corrected chi connectivity index (χ4v) is 7.00. The molecule has 60 heavy (non-hydrogen) atoms. The monoisotopic (exact) mass is 817 g/mol. The smallest absolute Gasteiger partial charge is 0.369 e. The van der Waals surface area contributed by atoms with E-state index in [0.29, 0.717) is 5.56 Å². The Labute approximate surface area is 346 Å². The molecule has 310 valence electrons. The molecule has 0 spiro atoms. The van der Waals surface area contributed by atoms with Crippen molar-refractivity contribution in [3.8, 4) is 11.1 Å². The minimum atomic E-state index is -4.80. The predicted octanol–water partition coefficient (Wildman–Crippen LogP) is 6.84. The second-order valence-electron chi connectivity index (χ2n) is 14.8. The van der Waals surface area contributed by atoms with Crippen molar-refractivity contribution in [3.63, 3.8) is 0 Å². The Morgan fingerprint density at radius 2 is 1.10 bits per heavy atom. The number of benzene rings is 5. The summed E-state index contributed by atoms with van der Waals surface area (Å²) in [6.45, 7) is 1.26. The lowest BCUT2D eigenvalue weighted by molar-refractivity contribution is -0.141. The van der Waals surface area contributed by atoms with Gasteiger partial charge in [0.25, 0.3) is 5.91 Å². The highest BCUT2D eigenvalue weighted by molar-refractivity contribution is 6.38. The summed E-state index contributed by atoms with van der Waals surface area (Å²) in [5, 5.41) is 4.82. The maximum absolute atomic E-state index is 14.1. The number of ketones is 3. The first-order valence-electron chi connectivity index (χ1n) is 19.5. The van der Waals surface area contributed by atoms with Crippen molar-refractivity contribution >= 4 is 35.1 Å². The number of hydrogen-bond donors (Lipinski definition) is 3. The molecule has 0 aliphatic carbocycles. The topological polar surface area (TPSA) is 152 Å². The summed E-state index contributed by atoms with van der Waals surface area (Å²) in [4.78, 5) is 80.4. The fraction of sp³-hybridized carbons (Fsp3) is 0.250. The van der Waals surface area contributed by atoms with Crippen molar-refractivity contribution in [2.75, 3.05) is 0 Å². The third-order valence-corrected chi connectivity index (χ3v) is 10.2. The van der Waals surface area contributed by atoms with Gasteiger partial charge in [0.2, 0.25) is 17.6 Å². The van der Waals surface area contributed by atoms with Crippen LogP contribution in [0.15, 0.2) is 140 Å². The van der Waals surface area contributed by atoms with Gasteiger partial charge in [-0.3, -0.25) is 28.8 Å². The number of nitrogens with two attached hydrogens (primary N) is 1.